The number of aromatic nitrogens is 2. The van der Waals surface area contributed by atoms with E-state index in [1.807, 2.05) is 29.5 Å². The quantitative estimate of drug-likeness (QED) is 0.798. The second kappa shape index (κ2) is 6.81. The van der Waals surface area contributed by atoms with E-state index in [1.54, 1.807) is 7.11 Å². The first-order valence-corrected chi connectivity index (χ1v) is 7.28. The number of rotatable bonds is 5. The van der Waals surface area contributed by atoms with Crippen LogP contribution in [0.3, 0.4) is 0 Å². The number of nitrogens with one attached hydrogen (secondary N) is 1. The number of hydrogen-bond acceptors (Lipinski definition) is 4. The molecule has 0 aromatic carbocycles. The summed E-state index contributed by atoms with van der Waals surface area (Å²) in [6.45, 7) is 8.99. The number of hydrogen-bond donors (Lipinski definition) is 1. The molecule has 0 aliphatic heterocycles. The number of halogens is 1. The molecule has 19 heavy (non-hydrogen) atoms. The van der Waals surface area contributed by atoms with E-state index in [1.165, 1.54) is 0 Å². The summed E-state index contributed by atoms with van der Waals surface area (Å²) in [6.07, 6.45) is -0.252. The van der Waals surface area contributed by atoms with Crippen molar-refractivity contribution >= 4 is 22.6 Å². The minimum absolute atomic E-state index is 0.147. The fraction of sp³-hybridized carbons (Fsp3) is 0.692. The molecule has 0 saturated carbocycles. The normalized spacial score (nSPS) is 13.6. The lowest BCUT2D eigenvalue weighted by atomic mass is 9.88. The van der Waals surface area contributed by atoms with Gasteiger partial charge in [-0.3, -0.25) is 4.79 Å². The molecule has 1 aromatic rings. The second-order valence-electron chi connectivity index (χ2n) is 5.35. The van der Waals surface area contributed by atoms with Crippen LogP contribution in [0.4, 0.5) is 0 Å². The summed E-state index contributed by atoms with van der Waals surface area (Å²) < 4.78 is 11.4. The van der Waals surface area contributed by atoms with Crippen LogP contribution < -0.4 is 5.56 Å². The predicted octanol–water partition coefficient (Wildman–Crippen LogP) is 2.64. The molecular formula is C13H21IN2O3. The van der Waals surface area contributed by atoms with Crippen LogP contribution in [0.15, 0.2) is 4.79 Å². The first-order chi connectivity index (χ1) is 8.81. The van der Waals surface area contributed by atoms with Crippen LogP contribution in [-0.4, -0.2) is 23.7 Å². The third-order valence-electron chi connectivity index (χ3n) is 2.60. The second-order valence-corrected chi connectivity index (χ2v) is 6.43. The molecule has 0 radical (unpaired) electrons. The lowest BCUT2D eigenvalue weighted by Gasteiger charge is -2.29. The van der Waals surface area contributed by atoms with Crippen LogP contribution in [0.1, 0.15) is 45.3 Å². The Hall–Kier alpha value is -0.470. The Morgan fingerprint density at radius 2 is 2.05 bits per heavy atom. The number of aromatic amines is 1. The lowest BCUT2D eigenvalue weighted by Crippen LogP contribution is -2.28. The van der Waals surface area contributed by atoms with E-state index in [0.717, 1.165) is 0 Å². The average molecular weight is 380 g/mol. The Kier molecular flexibility index (Phi) is 5.94. The lowest BCUT2D eigenvalue weighted by molar-refractivity contribution is -0.0196. The minimum atomic E-state index is -0.252. The standard InChI is InChI=1S/C13H21IN2O3/c1-6-19-10(13(2,3)4)11-15-8(7-18-5)9(14)12(17)16-11/h10H,6-7H2,1-5H3,(H,15,16,17). The Labute approximate surface area is 127 Å². The summed E-state index contributed by atoms with van der Waals surface area (Å²) in [6, 6.07) is 0. The molecule has 1 unspecified atom stereocenters. The van der Waals surface area contributed by atoms with Crippen molar-refractivity contribution in [3.05, 3.63) is 25.4 Å². The Balaban J connectivity index is 3.28. The van der Waals surface area contributed by atoms with Crippen molar-refractivity contribution < 1.29 is 9.47 Å². The highest BCUT2D eigenvalue weighted by molar-refractivity contribution is 14.1. The molecule has 1 N–H and O–H groups in total. The summed E-state index contributed by atoms with van der Waals surface area (Å²) in [7, 11) is 1.59. The molecule has 5 nitrogen and oxygen atoms in total. The van der Waals surface area contributed by atoms with Crippen molar-refractivity contribution in [1.82, 2.24) is 9.97 Å². The first-order valence-electron chi connectivity index (χ1n) is 6.20. The molecule has 1 aromatic heterocycles. The van der Waals surface area contributed by atoms with Crippen LogP contribution >= 0.6 is 22.6 Å². The molecule has 1 rings (SSSR count). The zero-order valence-electron chi connectivity index (χ0n) is 12.0. The van der Waals surface area contributed by atoms with Gasteiger partial charge in [-0.1, -0.05) is 20.8 Å². The Morgan fingerprint density at radius 3 is 2.53 bits per heavy atom. The molecule has 0 spiro atoms. The predicted molar refractivity (Wildman–Crippen MR) is 82.1 cm³/mol. The van der Waals surface area contributed by atoms with Gasteiger partial charge in [-0.15, -0.1) is 0 Å². The summed E-state index contributed by atoms with van der Waals surface area (Å²) in [5.74, 6) is 0.562. The number of methoxy groups -OCH3 is 1. The number of nitrogens with zero attached hydrogens (tertiary/aromatic N) is 1. The fourth-order valence-electron chi connectivity index (χ4n) is 1.79. The highest BCUT2D eigenvalue weighted by Gasteiger charge is 2.29. The van der Waals surface area contributed by atoms with Crippen LogP contribution in [0.25, 0.3) is 0 Å². The van der Waals surface area contributed by atoms with Crippen molar-refractivity contribution in [2.24, 2.45) is 5.41 Å². The van der Waals surface area contributed by atoms with Crippen LogP contribution in [0.2, 0.25) is 0 Å². The van der Waals surface area contributed by atoms with Gasteiger partial charge >= 0.3 is 0 Å². The monoisotopic (exact) mass is 380 g/mol. The molecular weight excluding hydrogens is 359 g/mol. The van der Waals surface area contributed by atoms with E-state index >= 15 is 0 Å². The SMILES string of the molecule is CCOC(c1nc(COC)c(I)c(=O)[nH]1)C(C)(C)C. The summed E-state index contributed by atoms with van der Waals surface area (Å²) in [4.78, 5) is 19.3. The van der Waals surface area contributed by atoms with Gasteiger partial charge in [0.1, 0.15) is 15.5 Å². The van der Waals surface area contributed by atoms with E-state index in [0.29, 0.717) is 28.3 Å². The van der Waals surface area contributed by atoms with Crippen molar-refractivity contribution in [1.29, 1.82) is 0 Å². The summed E-state index contributed by atoms with van der Waals surface area (Å²) in [5, 5.41) is 0. The van der Waals surface area contributed by atoms with Gasteiger partial charge in [0.15, 0.2) is 0 Å². The van der Waals surface area contributed by atoms with Crippen LogP contribution in [-0.2, 0) is 16.1 Å². The van der Waals surface area contributed by atoms with Gasteiger partial charge in [-0.2, -0.15) is 0 Å². The van der Waals surface area contributed by atoms with Crippen LogP contribution in [0, 0.1) is 8.99 Å². The van der Waals surface area contributed by atoms with E-state index < -0.39 is 0 Å². The van der Waals surface area contributed by atoms with E-state index in [2.05, 4.69) is 30.7 Å². The first kappa shape index (κ1) is 16.6. The molecule has 0 fully saturated rings. The van der Waals surface area contributed by atoms with E-state index in [-0.39, 0.29) is 17.1 Å². The zero-order chi connectivity index (χ0) is 14.6. The molecule has 1 heterocycles. The average Bonchev–Trinajstić information content (AvgIpc) is 2.30. The highest BCUT2D eigenvalue weighted by Crippen LogP contribution is 2.34. The van der Waals surface area contributed by atoms with Gasteiger partial charge in [-0.05, 0) is 34.9 Å². The molecule has 0 aliphatic rings. The number of ether oxygens (including phenoxy) is 2. The van der Waals surface area contributed by atoms with Crippen molar-refractivity contribution in [2.45, 2.75) is 40.4 Å². The van der Waals surface area contributed by atoms with Gasteiger partial charge in [0.05, 0.1) is 12.3 Å². The molecule has 0 aliphatic carbocycles. The minimum Gasteiger partial charge on any atom is -0.378 e. The largest absolute Gasteiger partial charge is 0.378 e. The Morgan fingerprint density at radius 1 is 1.42 bits per heavy atom. The topological polar surface area (TPSA) is 64.2 Å². The summed E-state index contributed by atoms with van der Waals surface area (Å²) in [5.41, 5.74) is 0.353. The third-order valence-corrected chi connectivity index (χ3v) is 3.71. The molecule has 0 amide bonds. The van der Waals surface area contributed by atoms with Crippen molar-refractivity contribution in [3.63, 3.8) is 0 Å². The van der Waals surface area contributed by atoms with Gasteiger partial charge in [0.25, 0.3) is 5.56 Å². The highest BCUT2D eigenvalue weighted by atomic mass is 127. The molecule has 1 atom stereocenters. The molecule has 108 valence electrons. The molecule has 0 bridgehead atoms. The molecule has 0 saturated heterocycles. The van der Waals surface area contributed by atoms with E-state index in [4.69, 9.17) is 9.47 Å². The van der Waals surface area contributed by atoms with Gasteiger partial charge in [0.2, 0.25) is 0 Å². The van der Waals surface area contributed by atoms with E-state index in [9.17, 15) is 4.79 Å². The maximum atomic E-state index is 12.0. The van der Waals surface area contributed by atoms with Crippen LogP contribution in [0.5, 0.6) is 0 Å². The van der Waals surface area contributed by atoms with Gasteiger partial charge < -0.3 is 14.5 Å². The maximum absolute atomic E-state index is 12.0. The summed E-state index contributed by atoms with van der Waals surface area (Å²) >= 11 is 1.98. The van der Waals surface area contributed by atoms with Gasteiger partial charge in [0, 0.05) is 13.7 Å². The third kappa shape index (κ3) is 4.25. The Bertz CT molecular complexity index is 480. The van der Waals surface area contributed by atoms with Gasteiger partial charge in [-0.25, -0.2) is 4.98 Å². The zero-order valence-corrected chi connectivity index (χ0v) is 14.2. The maximum Gasteiger partial charge on any atom is 0.264 e. The number of H-pyrrole nitrogens is 1. The smallest absolute Gasteiger partial charge is 0.264 e. The van der Waals surface area contributed by atoms with Crippen molar-refractivity contribution in [2.75, 3.05) is 13.7 Å². The molecule has 6 heteroatoms. The van der Waals surface area contributed by atoms with Crippen molar-refractivity contribution in [3.8, 4) is 0 Å². The fourth-order valence-corrected chi connectivity index (χ4v) is 2.20.